The van der Waals surface area contributed by atoms with Crippen molar-refractivity contribution in [1.29, 1.82) is 0 Å². The molecule has 218 valence electrons. The number of hydrogen-bond acceptors (Lipinski definition) is 8. The van der Waals surface area contributed by atoms with Gasteiger partial charge in [-0.05, 0) is 97.4 Å². The number of nitrogens with one attached hydrogen (secondary N) is 2. The van der Waals surface area contributed by atoms with Crippen LogP contribution >= 0.6 is 0 Å². The van der Waals surface area contributed by atoms with Gasteiger partial charge in [-0.3, -0.25) is 0 Å². The average Bonchev–Trinajstić information content (AvgIpc) is 2.79. The third kappa shape index (κ3) is 16.1. The topological polar surface area (TPSA) is 129 Å². The summed E-state index contributed by atoms with van der Waals surface area (Å²) in [6.45, 7) is 16.5. The van der Waals surface area contributed by atoms with Crippen LogP contribution in [0.5, 0.6) is 0 Å². The Morgan fingerprint density at radius 2 is 1.18 bits per heavy atom. The number of rotatable bonds is 13. The molecule has 10 heteroatoms. The molecule has 0 aromatic heterocycles. The number of ether oxygens (including phenoxy) is 4. The maximum Gasteiger partial charge on any atom is 0.407 e. The molecule has 1 aromatic carbocycles. The fourth-order valence-corrected chi connectivity index (χ4v) is 3.24. The van der Waals surface area contributed by atoms with Gasteiger partial charge in [0, 0.05) is 18.7 Å². The molecular weight excluding hydrogens is 504 g/mol. The summed E-state index contributed by atoms with van der Waals surface area (Å²) in [7, 11) is 0. The van der Waals surface area contributed by atoms with Crippen LogP contribution in [0.1, 0.15) is 82.8 Å². The lowest BCUT2D eigenvalue weighted by atomic mass is 9.99. The molecule has 0 bridgehead atoms. The van der Waals surface area contributed by atoms with Gasteiger partial charge in [-0.1, -0.05) is 12.6 Å². The third-order valence-electron chi connectivity index (χ3n) is 4.81. The van der Waals surface area contributed by atoms with Gasteiger partial charge in [-0.2, -0.15) is 0 Å². The van der Waals surface area contributed by atoms with Gasteiger partial charge in [0.1, 0.15) is 24.4 Å². The standard InChI is InChI=1S/C29H44N2O8/c1-20(2)24(32)36-15-16-37-25(33)23-18-21(11-9-13-30-26(34)38-28(3,4)5)17-22(19-23)12-10-14-31-27(35)39-29(6,7)8/h17-19H,1,9-16H2,2-8H3,(H,30,34)(H,31,35). The first kappa shape index (κ1) is 33.5. The monoisotopic (exact) mass is 548 g/mol. The zero-order valence-corrected chi connectivity index (χ0v) is 24.4. The van der Waals surface area contributed by atoms with Crippen LogP contribution in [0.2, 0.25) is 0 Å². The Bertz CT molecular complexity index is 951. The number of hydrogen-bond donors (Lipinski definition) is 2. The zero-order valence-electron chi connectivity index (χ0n) is 24.4. The van der Waals surface area contributed by atoms with Crippen molar-refractivity contribution in [3.63, 3.8) is 0 Å². The minimum Gasteiger partial charge on any atom is -0.459 e. The Hall–Kier alpha value is -3.56. The minimum absolute atomic E-state index is 0.0728. The Morgan fingerprint density at radius 1 is 0.744 bits per heavy atom. The van der Waals surface area contributed by atoms with Crippen molar-refractivity contribution in [2.24, 2.45) is 0 Å². The summed E-state index contributed by atoms with van der Waals surface area (Å²) in [5.41, 5.74) is 1.29. The highest BCUT2D eigenvalue weighted by Gasteiger charge is 2.17. The Kier molecular flexibility index (Phi) is 13.5. The van der Waals surface area contributed by atoms with Gasteiger partial charge in [0.2, 0.25) is 0 Å². The molecular formula is C29H44N2O8. The second kappa shape index (κ2) is 15.8. The van der Waals surface area contributed by atoms with Gasteiger partial charge in [-0.25, -0.2) is 19.2 Å². The molecule has 0 radical (unpaired) electrons. The van der Waals surface area contributed by atoms with E-state index in [1.807, 2.05) is 6.07 Å². The summed E-state index contributed by atoms with van der Waals surface area (Å²) < 4.78 is 20.7. The predicted molar refractivity (Wildman–Crippen MR) is 148 cm³/mol. The second-order valence-electron chi connectivity index (χ2n) is 11.2. The zero-order chi connectivity index (χ0) is 29.6. The van der Waals surface area contributed by atoms with Crippen molar-refractivity contribution in [1.82, 2.24) is 10.6 Å². The molecule has 2 N–H and O–H groups in total. The molecule has 0 saturated heterocycles. The number of carbonyl (C=O) groups is 4. The fraction of sp³-hybridized carbons (Fsp3) is 0.586. The highest BCUT2D eigenvalue weighted by Crippen LogP contribution is 2.16. The number of amides is 2. The molecule has 0 aliphatic heterocycles. The van der Waals surface area contributed by atoms with Crippen LogP contribution in [0.4, 0.5) is 9.59 Å². The summed E-state index contributed by atoms with van der Waals surface area (Å²) in [4.78, 5) is 47.9. The first-order valence-electron chi connectivity index (χ1n) is 13.1. The number of benzene rings is 1. The summed E-state index contributed by atoms with van der Waals surface area (Å²) in [6.07, 6.45) is 1.52. The first-order valence-corrected chi connectivity index (χ1v) is 13.1. The van der Waals surface area contributed by atoms with E-state index < -0.39 is 35.3 Å². The summed E-state index contributed by atoms with van der Waals surface area (Å²) in [5.74, 6) is -1.08. The van der Waals surface area contributed by atoms with E-state index in [9.17, 15) is 19.2 Å². The minimum atomic E-state index is -0.575. The van der Waals surface area contributed by atoms with Crippen LogP contribution in [-0.4, -0.2) is 61.6 Å². The second-order valence-corrected chi connectivity index (χ2v) is 11.2. The van der Waals surface area contributed by atoms with Crippen LogP contribution in [-0.2, 0) is 36.6 Å². The molecule has 0 fully saturated rings. The summed E-state index contributed by atoms with van der Waals surface area (Å²) in [6, 6.07) is 5.49. The van der Waals surface area contributed by atoms with Gasteiger partial charge in [-0.15, -0.1) is 0 Å². The smallest absolute Gasteiger partial charge is 0.407 e. The fourth-order valence-electron chi connectivity index (χ4n) is 3.24. The SMILES string of the molecule is C=C(C)C(=O)OCCOC(=O)c1cc(CCCNC(=O)OC(C)(C)C)cc(CCCNC(=O)OC(C)(C)C)c1. The number of esters is 2. The van der Waals surface area contributed by atoms with Gasteiger partial charge < -0.3 is 29.6 Å². The summed E-state index contributed by atoms with van der Waals surface area (Å²) in [5, 5.41) is 5.46. The molecule has 1 rings (SSSR count). The van der Waals surface area contributed by atoms with Gasteiger partial charge in [0.25, 0.3) is 0 Å². The first-order chi connectivity index (χ1) is 18.1. The van der Waals surface area contributed by atoms with Gasteiger partial charge in [0.05, 0.1) is 5.56 Å². The molecule has 0 heterocycles. The van der Waals surface area contributed by atoms with E-state index in [4.69, 9.17) is 18.9 Å². The molecule has 10 nitrogen and oxygen atoms in total. The molecule has 0 aliphatic rings. The Labute approximate surface area is 231 Å². The maximum atomic E-state index is 12.7. The van der Waals surface area contributed by atoms with Crippen LogP contribution in [0.3, 0.4) is 0 Å². The van der Waals surface area contributed by atoms with Crippen molar-refractivity contribution < 1.29 is 38.1 Å². The highest BCUT2D eigenvalue weighted by atomic mass is 16.6. The van der Waals surface area contributed by atoms with Gasteiger partial charge in [0.15, 0.2) is 0 Å². The molecule has 0 atom stereocenters. The van der Waals surface area contributed by atoms with Crippen molar-refractivity contribution in [2.45, 2.75) is 85.4 Å². The van der Waals surface area contributed by atoms with E-state index in [1.54, 1.807) is 53.7 Å². The molecule has 0 aliphatic carbocycles. The van der Waals surface area contributed by atoms with E-state index in [2.05, 4.69) is 17.2 Å². The van der Waals surface area contributed by atoms with E-state index in [0.717, 1.165) is 11.1 Å². The normalized spacial score (nSPS) is 11.3. The Balaban J connectivity index is 2.77. The maximum absolute atomic E-state index is 12.7. The lowest BCUT2D eigenvalue weighted by Gasteiger charge is -2.19. The number of alkyl carbamates (subject to hydrolysis) is 2. The molecule has 2 amide bonds. The molecule has 0 spiro atoms. The molecule has 0 unspecified atom stereocenters. The van der Waals surface area contributed by atoms with Crippen molar-refractivity contribution >= 4 is 24.1 Å². The quantitative estimate of drug-likeness (QED) is 0.154. The van der Waals surface area contributed by atoms with Crippen LogP contribution in [0.25, 0.3) is 0 Å². The largest absolute Gasteiger partial charge is 0.459 e. The lowest BCUT2D eigenvalue weighted by Crippen LogP contribution is -2.33. The van der Waals surface area contributed by atoms with Crippen LogP contribution in [0.15, 0.2) is 30.4 Å². The van der Waals surface area contributed by atoms with E-state index in [1.165, 1.54) is 6.92 Å². The van der Waals surface area contributed by atoms with Crippen molar-refractivity contribution in [3.05, 3.63) is 47.0 Å². The van der Waals surface area contributed by atoms with Crippen LogP contribution < -0.4 is 10.6 Å². The van der Waals surface area contributed by atoms with Crippen molar-refractivity contribution in [3.8, 4) is 0 Å². The lowest BCUT2D eigenvalue weighted by molar-refractivity contribution is -0.140. The molecule has 0 saturated carbocycles. The number of aryl methyl sites for hydroxylation is 2. The third-order valence-corrected chi connectivity index (χ3v) is 4.81. The van der Waals surface area contributed by atoms with E-state index >= 15 is 0 Å². The van der Waals surface area contributed by atoms with Crippen molar-refractivity contribution in [2.75, 3.05) is 26.3 Å². The van der Waals surface area contributed by atoms with E-state index in [0.29, 0.717) is 44.3 Å². The predicted octanol–water partition coefficient (Wildman–Crippen LogP) is 4.88. The number of carbonyl (C=O) groups excluding carboxylic acids is 4. The van der Waals surface area contributed by atoms with E-state index in [-0.39, 0.29) is 18.8 Å². The molecule has 39 heavy (non-hydrogen) atoms. The molecule has 1 aromatic rings. The van der Waals surface area contributed by atoms with Crippen LogP contribution in [0, 0.1) is 0 Å². The Morgan fingerprint density at radius 3 is 1.59 bits per heavy atom. The summed E-state index contributed by atoms with van der Waals surface area (Å²) >= 11 is 0. The average molecular weight is 549 g/mol. The highest BCUT2D eigenvalue weighted by molar-refractivity contribution is 5.90. The van der Waals surface area contributed by atoms with Gasteiger partial charge >= 0.3 is 24.1 Å².